The third kappa shape index (κ3) is 3.30. The van der Waals surface area contributed by atoms with Crippen molar-refractivity contribution in [1.82, 2.24) is 9.97 Å². The first-order valence-corrected chi connectivity index (χ1v) is 6.11. The van der Waals surface area contributed by atoms with Crippen molar-refractivity contribution in [2.75, 3.05) is 19.0 Å². The van der Waals surface area contributed by atoms with Crippen LogP contribution >= 0.6 is 0 Å². The zero-order valence-electron chi connectivity index (χ0n) is 10.3. The Bertz CT molecular complexity index is 363. The van der Waals surface area contributed by atoms with Crippen LogP contribution in [0.15, 0.2) is 12.4 Å². The number of nitrogens with two attached hydrogens (primary N) is 1. The Balaban J connectivity index is 1.92. The lowest BCUT2D eigenvalue weighted by atomic mass is 9.82. The van der Waals surface area contributed by atoms with Crippen LogP contribution < -0.4 is 15.8 Å². The van der Waals surface area contributed by atoms with Crippen molar-refractivity contribution >= 4 is 5.82 Å². The predicted octanol–water partition coefficient (Wildman–Crippen LogP) is 1.56. The number of rotatable bonds is 4. The van der Waals surface area contributed by atoms with E-state index in [0.717, 1.165) is 25.2 Å². The number of aromatic nitrogens is 2. The lowest BCUT2D eigenvalue weighted by Gasteiger charge is -2.33. The number of hydrogen-bond donors (Lipinski definition) is 2. The highest BCUT2D eigenvalue weighted by Crippen LogP contribution is 2.26. The van der Waals surface area contributed by atoms with Crippen LogP contribution in [0.2, 0.25) is 0 Å². The van der Waals surface area contributed by atoms with Gasteiger partial charge in [-0.3, -0.25) is 0 Å². The van der Waals surface area contributed by atoms with Gasteiger partial charge in [-0.15, -0.1) is 0 Å². The molecule has 2 rings (SSSR count). The quantitative estimate of drug-likeness (QED) is 0.830. The van der Waals surface area contributed by atoms with E-state index in [1.165, 1.54) is 25.6 Å². The Morgan fingerprint density at radius 2 is 2.12 bits per heavy atom. The highest BCUT2D eigenvalue weighted by Gasteiger charge is 2.27. The zero-order chi connectivity index (χ0) is 12.1. The third-order valence-electron chi connectivity index (χ3n) is 3.32. The molecule has 0 atom stereocenters. The molecular weight excluding hydrogens is 216 g/mol. The molecule has 0 aliphatic heterocycles. The molecule has 94 valence electrons. The van der Waals surface area contributed by atoms with Crippen molar-refractivity contribution in [1.29, 1.82) is 0 Å². The normalized spacial score (nSPS) is 18.7. The molecule has 17 heavy (non-hydrogen) atoms. The second-order valence-electron chi connectivity index (χ2n) is 4.72. The molecule has 5 nitrogen and oxygen atoms in total. The smallest absolute Gasteiger partial charge is 0.218 e. The van der Waals surface area contributed by atoms with Gasteiger partial charge in [-0.2, -0.15) is 0 Å². The van der Waals surface area contributed by atoms with Crippen LogP contribution in [0.1, 0.15) is 32.1 Å². The van der Waals surface area contributed by atoms with Crippen molar-refractivity contribution in [2.24, 2.45) is 5.73 Å². The molecule has 0 saturated heterocycles. The van der Waals surface area contributed by atoms with Gasteiger partial charge in [-0.05, 0) is 12.8 Å². The monoisotopic (exact) mass is 236 g/mol. The van der Waals surface area contributed by atoms with Crippen molar-refractivity contribution < 1.29 is 4.74 Å². The third-order valence-corrected chi connectivity index (χ3v) is 3.32. The maximum absolute atomic E-state index is 6.34. The van der Waals surface area contributed by atoms with E-state index in [2.05, 4.69) is 15.3 Å². The van der Waals surface area contributed by atoms with E-state index in [1.807, 2.05) is 0 Å². The Kier molecular flexibility index (Phi) is 3.78. The van der Waals surface area contributed by atoms with Gasteiger partial charge in [0.25, 0.3) is 0 Å². The second-order valence-corrected chi connectivity index (χ2v) is 4.72. The van der Waals surface area contributed by atoms with Crippen LogP contribution in [0.5, 0.6) is 5.88 Å². The summed E-state index contributed by atoms with van der Waals surface area (Å²) in [5.41, 5.74) is 6.25. The molecule has 1 aromatic rings. The van der Waals surface area contributed by atoms with Gasteiger partial charge >= 0.3 is 0 Å². The summed E-state index contributed by atoms with van der Waals surface area (Å²) in [6.45, 7) is 0.757. The van der Waals surface area contributed by atoms with Gasteiger partial charge < -0.3 is 15.8 Å². The maximum atomic E-state index is 6.34. The summed E-state index contributed by atoms with van der Waals surface area (Å²) in [4.78, 5) is 8.11. The molecule has 0 spiro atoms. The first-order valence-electron chi connectivity index (χ1n) is 6.11. The summed E-state index contributed by atoms with van der Waals surface area (Å²) in [5, 5.41) is 3.27. The van der Waals surface area contributed by atoms with E-state index >= 15 is 0 Å². The van der Waals surface area contributed by atoms with Crippen molar-refractivity contribution in [3.05, 3.63) is 12.4 Å². The first-order chi connectivity index (χ1) is 8.22. The van der Waals surface area contributed by atoms with Crippen LogP contribution in [-0.4, -0.2) is 29.2 Å². The molecule has 1 heterocycles. The SMILES string of the molecule is COc1cc(NCC2(N)CCCCC2)ncn1. The standard InChI is InChI=1S/C12H20N4O/c1-17-11-7-10(15-9-16-11)14-8-12(13)5-3-2-4-6-12/h7,9H,2-6,8,13H2,1H3,(H,14,15,16). The van der Waals surface area contributed by atoms with Crippen molar-refractivity contribution in [3.8, 4) is 5.88 Å². The van der Waals surface area contributed by atoms with E-state index < -0.39 is 0 Å². The summed E-state index contributed by atoms with van der Waals surface area (Å²) in [7, 11) is 1.59. The summed E-state index contributed by atoms with van der Waals surface area (Å²) >= 11 is 0. The molecule has 3 N–H and O–H groups in total. The van der Waals surface area contributed by atoms with E-state index in [1.54, 1.807) is 13.2 Å². The van der Waals surface area contributed by atoms with E-state index in [9.17, 15) is 0 Å². The van der Waals surface area contributed by atoms with Crippen molar-refractivity contribution in [2.45, 2.75) is 37.6 Å². The molecular formula is C12H20N4O. The number of anilines is 1. The second kappa shape index (κ2) is 5.31. The lowest BCUT2D eigenvalue weighted by Crippen LogP contribution is -2.47. The molecule has 1 aliphatic rings. The van der Waals surface area contributed by atoms with Gasteiger partial charge in [0.1, 0.15) is 12.1 Å². The molecule has 1 aromatic heterocycles. The maximum Gasteiger partial charge on any atom is 0.218 e. The average molecular weight is 236 g/mol. The Hall–Kier alpha value is -1.36. The van der Waals surface area contributed by atoms with Crippen LogP contribution in [0, 0.1) is 0 Å². The minimum Gasteiger partial charge on any atom is -0.481 e. The molecule has 1 aliphatic carbocycles. The summed E-state index contributed by atoms with van der Waals surface area (Å²) in [6.07, 6.45) is 7.42. The molecule has 0 unspecified atom stereocenters. The molecule has 0 amide bonds. The van der Waals surface area contributed by atoms with Gasteiger partial charge in [-0.1, -0.05) is 19.3 Å². The molecule has 5 heteroatoms. The van der Waals surface area contributed by atoms with E-state index in [4.69, 9.17) is 10.5 Å². The molecule has 0 radical (unpaired) electrons. The Morgan fingerprint density at radius 3 is 2.82 bits per heavy atom. The largest absolute Gasteiger partial charge is 0.481 e. The minimum absolute atomic E-state index is 0.0869. The van der Waals surface area contributed by atoms with E-state index in [-0.39, 0.29) is 5.54 Å². The topological polar surface area (TPSA) is 73.1 Å². The summed E-state index contributed by atoms with van der Waals surface area (Å²) in [6, 6.07) is 1.78. The van der Waals surface area contributed by atoms with Gasteiger partial charge in [0.15, 0.2) is 0 Å². The molecule has 1 saturated carbocycles. The van der Waals surface area contributed by atoms with Crippen LogP contribution in [0.25, 0.3) is 0 Å². The number of ether oxygens (including phenoxy) is 1. The van der Waals surface area contributed by atoms with Gasteiger partial charge in [-0.25, -0.2) is 9.97 Å². The number of nitrogens with one attached hydrogen (secondary N) is 1. The zero-order valence-corrected chi connectivity index (χ0v) is 10.3. The van der Waals surface area contributed by atoms with Gasteiger partial charge in [0, 0.05) is 18.2 Å². The predicted molar refractivity (Wildman–Crippen MR) is 67.1 cm³/mol. The Labute approximate surface area is 102 Å². The lowest BCUT2D eigenvalue weighted by molar-refractivity contribution is 0.311. The summed E-state index contributed by atoms with van der Waals surface area (Å²) < 4.78 is 5.05. The first kappa shape index (κ1) is 12.1. The fraction of sp³-hybridized carbons (Fsp3) is 0.667. The molecule has 0 bridgehead atoms. The van der Waals surface area contributed by atoms with Crippen molar-refractivity contribution in [3.63, 3.8) is 0 Å². The average Bonchev–Trinajstić information content (AvgIpc) is 2.38. The number of methoxy groups -OCH3 is 1. The van der Waals surface area contributed by atoms with Crippen LogP contribution in [0.3, 0.4) is 0 Å². The summed E-state index contributed by atoms with van der Waals surface area (Å²) in [5.74, 6) is 1.34. The highest BCUT2D eigenvalue weighted by molar-refractivity contribution is 5.37. The molecule has 1 fully saturated rings. The van der Waals surface area contributed by atoms with Gasteiger partial charge in [0.05, 0.1) is 7.11 Å². The molecule has 0 aromatic carbocycles. The fourth-order valence-electron chi connectivity index (χ4n) is 2.25. The van der Waals surface area contributed by atoms with Crippen LogP contribution in [-0.2, 0) is 0 Å². The van der Waals surface area contributed by atoms with Crippen LogP contribution in [0.4, 0.5) is 5.82 Å². The Morgan fingerprint density at radius 1 is 1.35 bits per heavy atom. The number of nitrogens with zero attached hydrogens (tertiary/aromatic N) is 2. The minimum atomic E-state index is -0.0869. The number of hydrogen-bond acceptors (Lipinski definition) is 5. The highest BCUT2D eigenvalue weighted by atomic mass is 16.5. The van der Waals surface area contributed by atoms with E-state index in [0.29, 0.717) is 5.88 Å². The van der Waals surface area contributed by atoms with Gasteiger partial charge in [0.2, 0.25) is 5.88 Å². The fourth-order valence-corrected chi connectivity index (χ4v) is 2.25.